The van der Waals surface area contributed by atoms with Gasteiger partial charge in [-0.1, -0.05) is 6.07 Å². The molecule has 1 rings (SSSR count). The topological polar surface area (TPSA) is 84.2 Å². The minimum absolute atomic E-state index is 0.0225. The van der Waals surface area contributed by atoms with Crippen molar-refractivity contribution in [2.24, 2.45) is 0 Å². The lowest BCUT2D eigenvalue weighted by molar-refractivity contribution is -0.120. The Morgan fingerprint density at radius 3 is 2.71 bits per heavy atom. The molecule has 0 aliphatic carbocycles. The molecule has 5 nitrogen and oxygen atoms in total. The van der Waals surface area contributed by atoms with Gasteiger partial charge in [-0.15, -0.1) is 0 Å². The van der Waals surface area contributed by atoms with Crippen LogP contribution in [0.15, 0.2) is 18.2 Å². The Kier molecular flexibility index (Phi) is 4.45. The average molecular weight is 239 g/mol. The maximum absolute atomic E-state index is 13.1. The molecule has 0 aliphatic heterocycles. The number of hydrogen-bond acceptors (Lipinski definition) is 3. The molecule has 4 N–H and O–H groups in total. The first-order valence-corrected chi connectivity index (χ1v) is 5.15. The molecule has 0 aliphatic rings. The van der Waals surface area contributed by atoms with Crippen molar-refractivity contribution in [2.45, 2.75) is 6.92 Å². The van der Waals surface area contributed by atoms with E-state index in [0.29, 0.717) is 6.54 Å². The van der Waals surface area contributed by atoms with Gasteiger partial charge in [0.05, 0.1) is 17.8 Å². The van der Waals surface area contributed by atoms with Gasteiger partial charge in [0, 0.05) is 6.54 Å². The van der Waals surface area contributed by atoms with Crippen LogP contribution >= 0.6 is 0 Å². The maximum atomic E-state index is 13.1. The molecule has 0 heterocycles. The summed E-state index contributed by atoms with van der Waals surface area (Å²) in [4.78, 5) is 22.7. The summed E-state index contributed by atoms with van der Waals surface area (Å²) in [6, 6.07) is 3.94. The predicted molar refractivity (Wildman–Crippen MR) is 61.8 cm³/mol. The van der Waals surface area contributed by atoms with Gasteiger partial charge in [-0.25, -0.2) is 4.39 Å². The molecule has 0 radical (unpaired) electrons. The number of para-hydroxylation sites is 1. The fourth-order valence-corrected chi connectivity index (χ4v) is 1.25. The minimum atomic E-state index is -0.657. The van der Waals surface area contributed by atoms with E-state index in [0.717, 1.165) is 6.07 Å². The Labute approximate surface area is 98.2 Å². The second kappa shape index (κ2) is 5.83. The Bertz CT molecular complexity index is 435. The lowest BCUT2D eigenvalue weighted by Crippen LogP contribution is -2.37. The molecular formula is C11H14FN3O2. The van der Waals surface area contributed by atoms with Crippen LogP contribution in [0.2, 0.25) is 0 Å². The number of rotatable bonds is 4. The number of benzene rings is 1. The first-order valence-electron chi connectivity index (χ1n) is 5.15. The number of halogens is 1. The highest BCUT2D eigenvalue weighted by atomic mass is 19.1. The highest BCUT2D eigenvalue weighted by Crippen LogP contribution is 2.15. The Balaban J connectivity index is 2.64. The van der Waals surface area contributed by atoms with Gasteiger partial charge in [0.25, 0.3) is 5.91 Å². The lowest BCUT2D eigenvalue weighted by Gasteiger charge is -2.07. The van der Waals surface area contributed by atoms with Crippen molar-refractivity contribution in [3.63, 3.8) is 0 Å². The molecule has 17 heavy (non-hydrogen) atoms. The number of hydrogen-bond donors (Lipinski definition) is 3. The van der Waals surface area contributed by atoms with E-state index < -0.39 is 11.7 Å². The highest BCUT2D eigenvalue weighted by molar-refractivity contribution is 6.00. The van der Waals surface area contributed by atoms with Crippen molar-refractivity contribution < 1.29 is 14.0 Å². The molecule has 1 aromatic rings. The fraction of sp³-hybridized carbons (Fsp3) is 0.273. The van der Waals surface area contributed by atoms with Crippen molar-refractivity contribution in [3.8, 4) is 0 Å². The number of likely N-dealkylation sites (N-methyl/N-ethyl adjacent to an activating group) is 1. The third-order valence-electron chi connectivity index (χ3n) is 2.08. The van der Waals surface area contributed by atoms with Gasteiger partial charge in [0.15, 0.2) is 0 Å². The molecule has 0 spiro atoms. The summed E-state index contributed by atoms with van der Waals surface area (Å²) >= 11 is 0. The van der Waals surface area contributed by atoms with Gasteiger partial charge in [-0.05, 0) is 19.1 Å². The SMILES string of the molecule is CCNC(=O)CNC(=O)c1cccc(F)c1N. The Morgan fingerprint density at radius 1 is 1.35 bits per heavy atom. The number of nitrogens with two attached hydrogens (primary N) is 1. The second-order valence-corrected chi connectivity index (χ2v) is 3.34. The third kappa shape index (κ3) is 3.44. The Hall–Kier alpha value is -2.11. The number of amides is 2. The maximum Gasteiger partial charge on any atom is 0.253 e. The zero-order valence-corrected chi connectivity index (χ0v) is 9.42. The van der Waals surface area contributed by atoms with Crippen molar-refractivity contribution in [1.29, 1.82) is 0 Å². The van der Waals surface area contributed by atoms with Crippen molar-refractivity contribution in [1.82, 2.24) is 10.6 Å². The second-order valence-electron chi connectivity index (χ2n) is 3.34. The molecule has 1 aromatic carbocycles. The van der Waals surface area contributed by atoms with E-state index in [1.807, 2.05) is 0 Å². The smallest absolute Gasteiger partial charge is 0.253 e. The van der Waals surface area contributed by atoms with Crippen LogP contribution < -0.4 is 16.4 Å². The summed E-state index contributed by atoms with van der Waals surface area (Å²) in [5.74, 6) is -1.54. The van der Waals surface area contributed by atoms with Crippen LogP contribution in [0.25, 0.3) is 0 Å². The summed E-state index contributed by atoms with van der Waals surface area (Å²) in [6.07, 6.45) is 0. The zero-order valence-electron chi connectivity index (χ0n) is 9.42. The standard InChI is InChI=1S/C11H14FN3O2/c1-2-14-9(16)6-15-11(17)7-4-3-5-8(12)10(7)13/h3-5H,2,6,13H2,1H3,(H,14,16)(H,15,17). The molecule has 6 heteroatoms. The van der Waals surface area contributed by atoms with E-state index in [4.69, 9.17) is 5.73 Å². The van der Waals surface area contributed by atoms with Crippen LogP contribution in [-0.4, -0.2) is 24.9 Å². The third-order valence-corrected chi connectivity index (χ3v) is 2.08. The van der Waals surface area contributed by atoms with Gasteiger partial charge >= 0.3 is 0 Å². The zero-order chi connectivity index (χ0) is 12.8. The summed E-state index contributed by atoms with van der Waals surface area (Å²) in [7, 11) is 0. The quantitative estimate of drug-likeness (QED) is 0.659. The number of nitrogens with one attached hydrogen (secondary N) is 2. The first kappa shape index (κ1) is 13.0. The largest absolute Gasteiger partial charge is 0.396 e. The van der Waals surface area contributed by atoms with Gasteiger partial charge in [-0.2, -0.15) is 0 Å². The summed E-state index contributed by atoms with van der Waals surface area (Å²) in [5.41, 5.74) is 5.21. The molecule has 0 unspecified atom stereocenters. The molecule has 0 fully saturated rings. The van der Waals surface area contributed by atoms with Gasteiger partial charge < -0.3 is 16.4 Å². The van der Waals surface area contributed by atoms with E-state index >= 15 is 0 Å². The number of anilines is 1. The van der Waals surface area contributed by atoms with E-state index in [2.05, 4.69) is 10.6 Å². The number of nitrogen functional groups attached to an aromatic ring is 1. The Morgan fingerprint density at radius 2 is 2.06 bits per heavy atom. The number of carbonyl (C=O) groups excluding carboxylic acids is 2. The summed E-state index contributed by atoms with van der Waals surface area (Å²) < 4.78 is 13.1. The molecule has 0 aromatic heterocycles. The minimum Gasteiger partial charge on any atom is -0.396 e. The van der Waals surface area contributed by atoms with Crippen LogP contribution in [0.3, 0.4) is 0 Å². The van der Waals surface area contributed by atoms with Crippen LogP contribution in [0.4, 0.5) is 10.1 Å². The van der Waals surface area contributed by atoms with Gasteiger partial charge in [0.2, 0.25) is 5.91 Å². The van der Waals surface area contributed by atoms with E-state index in [1.54, 1.807) is 6.92 Å². The molecule has 0 bridgehead atoms. The van der Waals surface area contributed by atoms with Crippen molar-refractivity contribution in [2.75, 3.05) is 18.8 Å². The molecular weight excluding hydrogens is 225 g/mol. The van der Waals surface area contributed by atoms with E-state index in [-0.39, 0.29) is 23.7 Å². The summed E-state index contributed by atoms with van der Waals surface area (Å²) in [5, 5.41) is 4.87. The predicted octanol–water partition coefficient (Wildman–Crippen LogP) is 0.274. The number of carbonyl (C=O) groups is 2. The lowest BCUT2D eigenvalue weighted by atomic mass is 10.1. The molecule has 0 saturated heterocycles. The molecule has 92 valence electrons. The van der Waals surface area contributed by atoms with Crippen LogP contribution in [0, 0.1) is 5.82 Å². The van der Waals surface area contributed by atoms with Crippen LogP contribution in [0.1, 0.15) is 17.3 Å². The van der Waals surface area contributed by atoms with Crippen molar-refractivity contribution in [3.05, 3.63) is 29.6 Å². The fourth-order valence-electron chi connectivity index (χ4n) is 1.25. The van der Waals surface area contributed by atoms with Crippen LogP contribution in [0.5, 0.6) is 0 Å². The van der Waals surface area contributed by atoms with Crippen molar-refractivity contribution >= 4 is 17.5 Å². The van der Waals surface area contributed by atoms with Gasteiger partial charge in [0.1, 0.15) is 5.82 Å². The average Bonchev–Trinajstić information content (AvgIpc) is 2.30. The molecule has 2 amide bonds. The normalized spacial score (nSPS) is 9.76. The monoisotopic (exact) mass is 239 g/mol. The van der Waals surface area contributed by atoms with Gasteiger partial charge in [-0.3, -0.25) is 9.59 Å². The molecule has 0 saturated carbocycles. The highest BCUT2D eigenvalue weighted by Gasteiger charge is 2.12. The first-order chi connectivity index (χ1) is 8.06. The van der Waals surface area contributed by atoms with E-state index in [1.165, 1.54) is 12.1 Å². The van der Waals surface area contributed by atoms with Crippen LogP contribution in [-0.2, 0) is 4.79 Å². The van der Waals surface area contributed by atoms with E-state index in [9.17, 15) is 14.0 Å². The summed E-state index contributed by atoms with van der Waals surface area (Å²) in [6.45, 7) is 2.09. The molecule has 0 atom stereocenters.